The third-order valence-corrected chi connectivity index (χ3v) is 3.93. The molecule has 6 heteroatoms. The normalized spacial score (nSPS) is 23.4. The average molecular weight is 295 g/mol. The molecule has 1 amide bonds. The van der Waals surface area contributed by atoms with E-state index >= 15 is 0 Å². The lowest BCUT2D eigenvalue weighted by Crippen LogP contribution is -2.48. The van der Waals surface area contributed by atoms with Crippen molar-refractivity contribution in [2.24, 2.45) is 5.92 Å². The van der Waals surface area contributed by atoms with Crippen LogP contribution in [0.25, 0.3) is 0 Å². The van der Waals surface area contributed by atoms with Crippen molar-refractivity contribution in [3.63, 3.8) is 0 Å². The molecule has 0 aromatic carbocycles. The van der Waals surface area contributed by atoms with Crippen LogP contribution in [0.2, 0.25) is 0 Å². The van der Waals surface area contributed by atoms with Crippen LogP contribution in [0.5, 0.6) is 0 Å². The second kappa shape index (κ2) is 5.77. The van der Waals surface area contributed by atoms with E-state index in [2.05, 4.69) is 5.10 Å². The van der Waals surface area contributed by atoms with Crippen LogP contribution in [0.3, 0.4) is 0 Å². The van der Waals surface area contributed by atoms with Gasteiger partial charge in [0.2, 0.25) is 0 Å². The Morgan fingerprint density at radius 2 is 2.14 bits per heavy atom. The quantitative estimate of drug-likeness (QED) is 0.844. The molecule has 21 heavy (non-hydrogen) atoms. The van der Waals surface area contributed by atoms with E-state index in [1.54, 1.807) is 15.6 Å². The van der Waals surface area contributed by atoms with Gasteiger partial charge in [0.1, 0.15) is 5.69 Å². The van der Waals surface area contributed by atoms with Crippen LogP contribution < -0.4 is 0 Å². The summed E-state index contributed by atoms with van der Waals surface area (Å²) in [4.78, 5) is 14.4. The molecule has 1 fully saturated rings. The lowest BCUT2D eigenvalue weighted by Gasteiger charge is -2.35. The van der Waals surface area contributed by atoms with Gasteiger partial charge < -0.3 is 15.1 Å². The highest BCUT2D eigenvalue weighted by atomic mass is 16.3. The third-order valence-electron chi connectivity index (χ3n) is 3.93. The van der Waals surface area contributed by atoms with Crippen LogP contribution in [0.4, 0.5) is 0 Å². The van der Waals surface area contributed by atoms with E-state index in [9.17, 15) is 15.0 Å². The molecule has 0 spiro atoms. The number of nitrogens with zero attached hydrogens (tertiary/aromatic N) is 3. The Labute approximate surface area is 125 Å². The molecule has 1 aromatic rings. The zero-order valence-electron chi connectivity index (χ0n) is 13.2. The molecule has 2 heterocycles. The number of aryl methyl sites for hydroxylation is 1. The minimum absolute atomic E-state index is 0.0395. The van der Waals surface area contributed by atoms with Crippen LogP contribution in [0, 0.1) is 12.8 Å². The van der Waals surface area contributed by atoms with Gasteiger partial charge in [0, 0.05) is 25.6 Å². The van der Waals surface area contributed by atoms with E-state index in [1.807, 2.05) is 27.7 Å². The van der Waals surface area contributed by atoms with Gasteiger partial charge in [-0.25, -0.2) is 0 Å². The SMILES string of the molecule is Cc1cc(C(=O)N2CC[C@H](CO)[C@H](O)C2)n(C(C)(C)C)n1. The van der Waals surface area contributed by atoms with Crippen LogP contribution in [-0.4, -0.2) is 56.6 Å². The lowest BCUT2D eigenvalue weighted by atomic mass is 9.94. The second-order valence-corrected chi connectivity index (χ2v) is 6.80. The Balaban J connectivity index is 2.22. The number of hydrogen-bond acceptors (Lipinski definition) is 4. The van der Waals surface area contributed by atoms with Gasteiger partial charge in [-0.2, -0.15) is 5.10 Å². The molecule has 118 valence electrons. The highest BCUT2D eigenvalue weighted by Gasteiger charge is 2.32. The molecule has 2 N–H and O–H groups in total. The first-order valence-electron chi connectivity index (χ1n) is 7.39. The molecule has 6 nitrogen and oxygen atoms in total. The fourth-order valence-corrected chi connectivity index (χ4v) is 2.70. The predicted molar refractivity (Wildman–Crippen MR) is 79.1 cm³/mol. The minimum atomic E-state index is -0.667. The molecule has 0 bridgehead atoms. The Kier molecular flexibility index (Phi) is 4.39. The standard InChI is InChI=1S/C15H25N3O3/c1-10-7-12(18(16-10)15(2,3)4)14(21)17-6-5-11(9-19)13(20)8-17/h7,11,13,19-20H,5-6,8-9H2,1-4H3/t11-,13-/m1/s1. The number of aromatic nitrogens is 2. The summed E-state index contributed by atoms with van der Waals surface area (Å²) in [6, 6.07) is 1.79. The number of aliphatic hydroxyl groups excluding tert-OH is 2. The topological polar surface area (TPSA) is 78.6 Å². The van der Waals surface area contributed by atoms with Crippen molar-refractivity contribution in [1.82, 2.24) is 14.7 Å². The largest absolute Gasteiger partial charge is 0.396 e. The first kappa shape index (κ1) is 16.0. The predicted octanol–water partition coefficient (Wildman–Crippen LogP) is 0.762. The average Bonchev–Trinajstić information content (AvgIpc) is 2.80. The Morgan fingerprint density at radius 3 is 2.67 bits per heavy atom. The smallest absolute Gasteiger partial charge is 0.272 e. The van der Waals surface area contributed by atoms with Gasteiger partial charge in [0.05, 0.1) is 17.3 Å². The van der Waals surface area contributed by atoms with Crippen molar-refractivity contribution in [1.29, 1.82) is 0 Å². The second-order valence-electron chi connectivity index (χ2n) is 6.80. The Morgan fingerprint density at radius 1 is 1.48 bits per heavy atom. The molecule has 2 atom stereocenters. The summed E-state index contributed by atoms with van der Waals surface area (Å²) < 4.78 is 1.75. The molecule has 0 saturated carbocycles. The summed E-state index contributed by atoms with van der Waals surface area (Å²) in [5, 5.41) is 23.6. The molecule has 1 aliphatic heterocycles. The summed E-state index contributed by atoms with van der Waals surface area (Å²) >= 11 is 0. The molecule has 0 radical (unpaired) electrons. The van der Waals surface area contributed by atoms with E-state index in [4.69, 9.17) is 0 Å². The summed E-state index contributed by atoms with van der Waals surface area (Å²) in [7, 11) is 0. The number of hydrogen-bond donors (Lipinski definition) is 2. The van der Waals surface area contributed by atoms with Crippen molar-refractivity contribution in [3.8, 4) is 0 Å². The van der Waals surface area contributed by atoms with Crippen LogP contribution in [0.1, 0.15) is 43.4 Å². The molecule has 1 aliphatic rings. The minimum Gasteiger partial charge on any atom is -0.396 e. The maximum Gasteiger partial charge on any atom is 0.272 e. The Hall–Kier alpha value is -1.40. The van der Waals surface area contributed by atoms with Gasteiger partial charge in [-0.1, -0.05) is 0 Å². The fraction of sp³-hybridized carbons (Fsp3) is 0.733. The van der Waals surface area contributed by atoms with E-state index in [1.165, 1.54) is 0 Å². The van der Waals surface area contributed by atoms with Crippen LogP contribution in [0.15, 0.2) is 6.07 Å². The number of carbonyl (C=O) groups excluding carboxylic acids is 1. The van der Waals surface area contributed by atoms with Gasteiger partial charge in [-0.15, -0.1) is 0 Å². The summed E-state index contributed by atoms with van der Waals surface area (Å²) in [6.07, 6.45) is -0.0497. The van der Waals surface area contributed by atoms with Gasteiger partial charge in [0.15, 0.2) is 0 Å². The van der Waals surface area contributed by atoms with Crippen molar-refractivity contribution in [3.05, 3.63) is 17.5 Å². The Bertz CT molecular complexity index is 519. The molecular formula is C15H25N3O3. The molecule has 1 aromatic heterocycles. The van der Waals surface area contributed by atoms with Gasteiger partial charge in [-0.3, -0.25) is 9.48 Å². The third kappa shape index (κ3) is 3.27. The number of piperidine rings is 1. The fourth-order valence-electron chi connectivity index (χ4n) is 2.70. The molecule has 2 rings (SSSR count). The van der Waals surface area contributed by atoms with Gasteiger partial charge in [-0.05, 0) is 40.2 Å². The van der Waals surface area contributed by atoms with E-state index in [0.717, 1.165) is 5.69 Å². The highest BCUT2D eigenvalue weighted by Crippen LogP contribution is 2.22. The number of aliphatic hydroxyl groups is 2. The maximum absolute atomic E-state index is 12.7. The maximum atomic E-state index is 12.7. The first-order valence-corrected chi connectivity index (χ1v) is 7.39. The number of rotatable bonds is 2. The number of amides is 1. The number of likely N-dealkylation sites (tertiary alicyclic amines) is 1. The summed E-state index contributed by atoms with van der Waals surface area (Å²) in [5.41, 5.74) is 1.08. The van der Waals surface area contributed by atoms with Crippen molar-refractivity contribution in [2.45, 2.75) is 45.8 Å². The molecular weight excluding hydrogens is 270 g/mol. The monoisotopic (exact) mass is 295 g/mol. The van der Waals surface area contributed by atoms with Crippen molar-refractivity contribution >= 4 is 5.91 Å². The molecule has 1 saturated heterocycles. The van der Waals surface area contributed by atoms with Crippen molar-refractivity contribution in [2.75, 3.05) is 19.7 Å². The van der Waals surface area contributed by atoms with Crippen LogP contribution >= 0.6 is 0 Å². The van der Waals surface area contributed by atoms with E-state index < -0.39 is 6.10 Å². The van der Waals surface area contributed by atoms with Gasteiger partial charge >= 0.3 is 0 Å². The van der Waals surface area contributed by atoms with Crippen LogP contribution in [-0.2, 0) is 5.54 Å². The zero-order valence-corrected chi connectivity index (χ0v) is 13.2. The highest BCUT2D eigenvalue weighted by molar-refractivity contribution is 5.93. The van der Waals surface area contributed by atoms with E-state index in [-0.39, 0.29) is 30.5 Å². The van der Waals surface area contributed by atoms with Crippen molar-refractivity contribution < 1.29 is 15.0 Å². The first-order chi connectivity index (χ1) is 9.74. The molecule has 0 unspecified atom stereocenters. The summed E-state index contributed by atoms with van der Waals surface area (Å²) in [5.74, 6) is -0.246. The van der Waals surface area contributed by atoms with Gasteiger partial charge in [0.25, 0.3) is 5.91 Å². The molecule has 0 aliphatic carbocycles. The van der Waals surface area contributed by atoms with E-state index in [0.29, 0.717) is 18.7 Å². The number of carbonyl (C=O) groups is 1. The lowest BCUT2D eigenvalue weighted by molar-refractivity contribution is 0.000226. The summed E-state index contributed by atoms with van der Waals surface area (Å²) in [6.45, 7) is 8.65. The number of β-amino-alcohol motifs (C(OH)–C–C–N with tert-alkyl or cyclic N) is 1. The zero-order chi connectivity index (χ0) is 15.8.